The highest BCUT2D eigenvalue weighted by Crippen LogP contribution is 2.59. The smallest absolute Gasteiger partial charge is 0.192 e. The van der Waals surface area contributed by atoms with Gasteiger partial charge in [-0.1, -0.05) is 53.9 Å². The van der Waals surface area contributed by atoms with Crippen LogP contribution >= 0.6 is 0 Å². The molecule has 1 heterocycles. The second-order valence-corrected chi connectivity index (χ2v) is 16.0. The second kappa shape index (κ2) is 12.0. The summed E-state index contributed by atoms with van der Waals surface area (Å²) in [6.45, 7) is 14.1. The zero-order chi connectivity index (χ0) is 22.3. The van der Waals surface area contributed by atoms with Gasteiger partial charge in [-0.25, -0.2) is 0 Å². The third kappa shape index (κ3) is 6.16. The van der Waals surface area contributed by atoms with E-state index in [0.717, 1.165) is 37.4 Å². The van der Waals surface area contributed by atoms with Crippen molar-refractivity contribution in [2.75, 3.05) is 13.2 Å². The molecule has 1 aliphatic heterocycles. The first kappa shape index (κ1) is 25.7. The van der Waals surface area contributed by atoms with Crippen LogP contribution in [0.3, 0.4) is 0 Å². The summed E-state index contributed by atoms with van der Waals surface area (Å²) in [4.78, 5) is 0. The summed E-state index contributed by atoms with van der Waals surface area (Å²) in [6.07, 6.45) is 14.9. The van der Waals surface area contributed by atoms with E-state index in [-0.39, 0.29) is 6.29 Å². The highest BCUT2D eigenvalue weighted by molar-refractivity contribution is 6.73. The summed E-state index contributed by atoms with van der Waals surface area (Å²) in [5, 5.41) is 0. The number of rotatable bonds is 12. The van der Waals surface area contributed by atoms with Crippen molar-refractivity contribution < 1.29 is 13.9 Å². The van der Waals surface area contributed by atoms with Gasteiger partial charge in [-0.05, 0) is 92.7 Å². The summed E-state index contributed by atoms with van der Waals surface area (Å²) in [7, 11) is -1.52. The van der Waals surface area contributed by atoms with E-state index in [9.17, 15) is 0 Å². The van der Waals surface area contributed by atoms with Crippen LogP contribution in [0.4, 0.5) is 0 Å². The van der Waals surface area contributed by atoms with Crippen LogP contribution < -0.4 is 0 Å². The lowest BCUT2D eigenvalue weighted by molar-refractivity contribution is -0.162. The van der Waals surface area contributed by atoms with E-state index in [2.05, 4.69) is 34.6 Å². The fourth-order valence-electron chi connectivity index (χ4n) is 7.38. The molecule has 2 aliphatic carbocycles. The second-order valence-electron chi connectivity index (χ2n) is 11.2. The maximum atomic E-state index is 7.11. The molecule has 31 heavy (non-hydrogen) atoms. The van der Waals surface area contributed by atoms with Crippen LogP contribution in [0.2, 0.25) is 18.1 Å². The van der Waals surface area contributed by atoms with Crippen LogP contribution in [-0.2, 0) is 13.9 Å². The molecule has 182 valence electrons. The molecule has 3 rings (SSSR count). The Morgan fingerprint density at radius 1 is 0.968 bits per heavy atom. The fraction of sp³-hybridized carbons (Fsp3) is 1.00. The van der Waals surface area contributed by atoms with Crippen molar-refractivity contribution in [2.24, 2.45) is 23.2 Å². The van der Waals surface area contributed by atoms with Crippen LogP contribution in [-0.4, -0.2) is 33.9 Å². The molecule has 3 nitrogen and oxygen atoms in total. The van der Waals surface area contributed by atoms with Crippen molar-refractivity contribution in [3.63, 3.8) is 0 Å². The lowest BCUT2D eigenvalue weighted by Gasteiger charge is -2.49. The van der Waals surface area contributed by atoms with E-state index in [1.54, 1.807) is 0 Å². The Bertz CT molecular complexity index is 508. The summed E-state index contributed by atoms with van der Waals surface area (Å²) in [6, 6.07) is 3.86. The van der Waals surface area contributed by atoms with Crippen LogP contribution in [0.5, 0.6) is 0 Å². The van der Waals surface area contributed by atoms with Gasteiger partial charge in [0.25, 0.3) is 0 Å². The van der Waals surface area contributed by atoms with Gasteiger partial charge in [-0.3, -0.25) is 0 Å². The van der Waals surface area contributed by atoms with Gasteiger partial charge in [-0.15, -0.1) is 0 Å². The molecule has 2 saturated carbocycles. The molecule has 6 atom stereocenters. The summed E-state index contributed by atoms with van der Waals surface area (Å²) < 4.78 is 18.8. The summed E-state index contributed by atoms with van der Waals surface area (Å²) in [5.41, 5.74) is 0.504. The molecule has 0 N–H and O–H groups in total. The average molecular weight is 453 g/mol. The first-order chi connectivity index (χ1) is 15.0. The molecule has 0 bridgehead atoms. The minimum absolute atomic E-state index is 0.0740. The van der Waals surface area contributed by atoms with Crippen molar-refractivity contribution in [3.8, 4) is 0 Å². The highest BCUT2D eigenvalue weighted by Gasteiger charge is 2.53. The van der Waals surface area contributed by atoms with E-state index in [0.29, 0.717) is 11.5 Å². The maximum Gasteiger partial charge on any atom is 0.192 e. The number of fused-ring (bicyclic) bond motifs is 1. The summed E-state index contributed by atoms with van der Waals surface area (Å²) in [5.74, 6) is 2.51. The average Bonchev–Trinajstić information content (AvgIpc) is 3.16. The minimum Gasteiger partial charge on any atom is -0.414 e. The lowest BCUT2D eigenvalue weighted by atomic mass is 9.61. The van der Waals surface area contributed by atoms with E-state index in [4.69, 9.17) is 13.9 Å². The minimum atomic E-state index is -1.52. The Labute approximate surface area is 194 Å². The normalized spacial score (nSPS) is 35.1. The Morgan fingerprint density at radius 2 is 1.74 bits per heavy atom. The SMILES string of the molecule is CC[Si](CC)(CC)O[C@H]1CCC[C@]2(C)[C@@H](C(C)CCCCOC3CCCCO3)CC[C@@H]12. The van der Waals surface area contributed by atoms with Gasteiger partial charge >= 0.3 is 0 Å². The molecular weight excluding hydrogens is 400 g/mol. The zero-order valence-corrected chi connectivity index (χ0v) is 22.4. The van der Waals surface area contributed by atoms with Gasteiger partial charge in [-0.2, -0.15) is 0 Å². The van der Waals surface area contributed by atoms with Crippen LogP contribution in [0.15, 0.2) is 0 Å². The largest absolute Gasteiger partial charge is 0.414 e. The molecule has 2 unspecified atom stereocenters. The molecular formula is C27H52O3Si. The first-order valence-corrected chi connectivity index (χ1v) is 16.4. The van der Waals surface area contributed by atoms with Crippen molar-refractivity contribution in [1.82, 2.24) is 0 Å². The standard InChI is InChI=1S/C27H52O3Si/c1-6-31(7-2,8-3)30-25-15-13-19-27(5)23(17-18-24(25)27)22(4)14-9-11-20-28-26-16-10-12-21-29-26/h22-26H,6-21H2,1-5H3/t22?,23-,24+,25+,26?,27-/m1/s1. The number of ether oxygens (including phenoxy) is 2. The monoisotopic (exact) mass is 452 g/mol. The van der Waals surface area contributed by atoms with Gasteiger partial charge < -0.3 is 13.9 Å². The van der Waals surface area contributed by atoms with Gasteiger partial charge in [0, 0.05) is 19.3 Å². The molecule has 3 aliphatic rings. The van der Waals surface area contributed by atoms with Crippen molar-refractivity contribution in [1.29, 1.82) is 0 Å². The van der Waals surface area contributed by atoms with Crippen LogP contribution in [0, 0.1) is 23.2 Å². The van der Waals surface area contributed by atoms with Crippen molar-refractivity contribution in [3.05, 3.63) is 0 Å². The van der Waals surface area contributed by atoms with Crippen LogP contribution in [0.1, 0.15) is 105 Å². The van der Waals surface area contributed by atoms with Gasteiger partial charge in [0.05, 0.1) is 0 Å². The molecule has 0 aromatic carbocycles. The molecule has 0 spiro atoms. The number of hydrogen-bond donors (Lipinski definition) is 0. The molecule has 0 amide bonds. The molecule has 0 aromatic rings. The van der Waals surface area contributed by atoms with E-state index in [1.807, 2.05) is 0 Å². The van der Waals surface area contributed by atoms with Gasteiger partial charge in [0.1, 0.15) is 0 Å². The molecule has 0 radical (unpaired) electrons. The topological polar surface area (TPSA) is 27.7 Å². The Kier molecular flexibility index (Phi) is 9.95. The molecule has 4 heteroatoms. The summed E-state index contributed by atoms with van der Waals surface area (Å²) >= 11 is 0. The third-order valence-corrected chi connectivity index (χ3v) is 14.3. The maximum absolute atomic E-state index is 7.11. The first-order valence-electron chi connectivity index (χ1n) is 13.9. The number of hydrogen-bond acceptors (Lipinski definition) is 3. The van der Waals surface area contributed by atoms with E-state index >= 15 is 0 Å². The third-order valence-electron chi connectivity index (χ3n) is 9.65. The predicted octanol–water partition coefficient (Wildman–Crippen LogP) is 7.94. The van der Waals surface area contributed by atoms with Crippen molar-refractivity contribution >= 4 is 8.32 Å². The van der Waals surface area contributed by atoms with Crippen LogP contribution in [0.25, 0.3) is 0 Å². The molecule has 3 fully saturated rings. The zero-order valence-electron chi connectivity index (χ0n) is 21.4. The van der Waals surface area contributed by atoms with E-state index < -0.39 is 8.32 Å². The lowest BCUT2D eigenvalue weighted by Crippen LogP contribution is -2.48. The van der Waals surface area contributed by atoms with E-state index in [1.165, 1.54) is 82.3 Å². The fourth-order valence-corrected chi connectivity index (χ4v) is 10.3. The number of unbranched alkanes of at least 4 members (excludes halogenated alkanes) is 1. The van der Waals surface area contributed by atoms with Crippen molar-refractivity contribution in [2.45, 2.75) is 136 Å². The Balaban J connectivity index is 1.47. The predicted molar refractivity (Wildman–Crippen MR) is 133 cm³/mol. The van der Waals surface area contributed by atoms with Gasteiger partial charge in [0.2, 0.25) is 0 Å². The Hall–Kier alpha value is 0.0969. The van der Waals surface area contributed by atoms with Gasteiger partial charge in [0.15, 0.2) is 14.6 Å². The quantitative estimate of drug-likeness (QED) is 0.222. The molecule has 1 saturated heterocycles. The Morgan fingerprint density at radius 3 is 2.42 bits per heavy atom. The molecule has 0 aromatic heterocycles. The highest BCUT2D eigenvalue weighted by atomic mass is 28.4.